The number of nitrogens with one attached hydrogen (secondary N) is 2. The average Bonchev–Trinajstić information content (AvgIpc) is 2.67. The number of hydrogen-bond acceptors (Lipinski definition) is 4. The zero-order valence-corrected chi connectivity index (χ0v) is 11.7. The monoisotopic (exact) mass is 323 g/mol. The van der Waals surface area contributed by atoms with Crippen LogP contribution in [0.15, 0.2) is 12.3 Å². The minimum atomic E-state index is -4.47. The summed E-state index contributed by atoms with van der Waals surface area (Å²) in [5.41, 5.74) is -0.897. The first kappa shape index (κ1) is 14.8. The number of aromatic amines is 1. The highest BCUT2D eigenvalue weighted by Gasteiger charge is 2.31. The Kier molecular flexibility index (Phi) is 4.00. The molecule has 20 heavy (non-hydrogen) atoms. The van der Waals surface area contributed by atoms with E-state index < -0.39 is 11.7 Å². The van der Waals surface area contributed by atoms with Crippen molar-refractivity contribution in [2.24, 2.45) is 7.05 Å². The van der Waals surface area contributed by atoms with Gasteiger partial charge < -0.3 is 9.88 Å². The van der Waals surface area contributed by atoms with E-state index in [1.54, 1.807) is 11.6 Å². The first-order valence-electron chi connectivity index (χ1n) is 5.36. The maximum absolute atomic E-state index is 12.5. The third-order valence-corrected chi connectivity index (χ3v) is 3.21. The summed E-state index contributed by atoms with van der Waals surface area (Å²) in [7, 11) is 1.71. The van der Waals surface area contributed by atoms with Gasteiger partial charge in [0.25, 0.3) is 0 Å². The molecular formula is C10H9ClF3N5S. The zero-order chi connectivity index (χ0) is 14.9. The number of halogens is 4. The number of pyridine rings is 1. The highest BCUT2D eigenvalue weighted by molar-refractivity contribution is 7.71. The molecule has 0 aliphatic rings. The number of anilines is 1. The Balaban J connectivity index is 2.15. The smallest absolute Gasteiger partial charge is 0.362 e. The molecule has 0 spiro atoms. The molecule has 2 aromatic rings. The molecule has 0 aliphatic heterocycles. The second-order valence-electron chi connectivity index (χ2n) is 3.91. The van der Waals surface area contributed by atoms with Crippen molar-refractivity contribution in [1.82, 2.24) is 19.7 Å². The quantitative estimate of drug-likeness (QED) is 0.852. The largest absolute Gasteiger partial charge is 0.417 e. The number of H-pyrrole nitrogens is 1. The average molecular weight is 324 g/mol. The minimum absolute atomic E-state index is 0.114. The van der Waals surface area contributed by atoms with E-state index in [2.05, 4.69) is 20.5 Å². The number of nitrogens with zero attached hydrogens (tertiary/aromatic N) is 3. The Hall–Kier alpha value is -1.61. The molecule has 0 saturated carbocycles. The fourth-order valence-electron chi connectivity index (χ4n) is 1.42. The molecule has 0 aromatic carbocycles. The topological polar surface area (TPSA) is 58.5 Å². The van der Waals surface area contributed by atoms with Crippen molar-refractivity contribution < 1.29 is 13.2 Å². The summed E-state index contributed by atoms with van der Waals surface area (Å²) in [5.74, 6) is 0.723. The van der Waals surface area contributed by atoms with Gasteiger partial charge in [0, 0.05) is 13.2 Å². The summed E-state index contributed by atoms with van der Waals surface area (Å²) < 4.78 is 39.4. The van der Waals surface area contributed by atoms with Crippen LogP contribution in [0.4, 0.5) is 19.0 Å². The van der Waals surface area contributed by atoms with Crippen molar-refractivity contribution in [2.75, 3.05) is 5.32 Å². The molecule has 0 bridgehead atoms. The second-order valence-corrected chi connectivity index (χ2v) is 4.70. The van der Waals surface area contributed by atoms with E-state index in [9.17, 15) is 13.2 Å². The summed E-state index contributed by atoms with van der Waals surface area (Å²) in [6, 6.07) is 0.819. The Bertz CT molecular complexity index is 678. The van der Waals surface area contributed by atoms with Crippen molar-refractivity contribution in [3.63, 3.8) is 0 Å². The zero-order valence-electron chi connectivity index (χ0n) is 10.1. The van der Waals surface area contributed by atoms with Gasteiger partial charge in [-0.05, 0) is 18.3 Å². The van der Waals surface area contributed by atoms with E-state index in [0.717, 1.165) is 12.3 Å². The molecule has 0 aliphatic carbocycles. The first-order chi connectivity index (χ1) is 9.29. The van der Waals surface area contributed by atoms with Crippen molar-refractivity contribution in [3.8, 4) is 0 Å². The SMILES string of the molecule is Cn1c(CNc2ncc(C(F)(F)F)cc2Cl)n[nH]c1=S. The van der Waals surface area contributed by atoms with Gasteiger partial charge in [0.2, 0.25) is 0 Å². The Labute approximate surface area is 121 Å². The van der Waals surface area contributed by atoms with E-state index in [1.807, 2.05) is 0 Å². The molecule has 5 nitrogen and oxygen atoms in total. The second kappa shape index (κ2) is 5.41. The lowest BCUT2D eigenvalue weighted by molar-refractivity contribution is -0.137. The lowest BCUT2D eigenvalue weighted by Crippen LogP contribution is -2.10. The van der Waals surface area contributed by atoms with Crippen molar-refractivity contribution in [3.05, 3.63) is 33.4 Å². The van der Waals surface area contributed by atoms with Gasteiger partial charge in [0.1, 0.15) is 5.82 Å². The molecule has 108 valence electrons. The van der Waals surface area contributed by atoms with Crippen LogP contribution in [0.25, 0.3) is 0 Å². The molecule has 2 aromatic heterocycles. The fourth-order valence-corrected chi connectivity index (χ4v) is 1.81. The lowest BCUT2D eigenvalue weighted by atomic mass is 10.3. The maximum Gasteiger partial charge on any atom is 0.417 e. The first-order valence-corrected chi connectivity index (χ1v) is 6.14. The summed E-state index contributed by atoms with van der Waals surface area (Å²) in [6.07, 6.45) is -3.75. The van der Waals surface area contributed by atoms with Crippen LogP contribution in [-0.4, -0.2) is 19.7 Å². The van der Waals surface area contributed by atoms with Crippen LogP contribution in [0.1, 0.15) is 11.4 Å². The molecule has 0 unspecified atom stereocenters. The third-order valence-electron chi connectivity index (χ3n) is 2.55. The molecule has 2 N–H and O–H groups in total. The van der Waals surface area contributed by atoms with Gasteiger partial charge in [0.15, 0.2) is 10.6 Å². The van der Waals surface area contributed by atoms with E-state index in [4.69, 9.17) is 23.8 Å². The number of hydrogen-bond donors (Lipinski definition) is 2. The van der Waals surface area contributed by atoms with E-state index in [1.165, 1.54) is 0 Å². The summed E-state index contributed by atoms with van der Waals surface area (Å²) in [6.45, 7) is 0.224. The van der Waals surface area contributed by atoms with Gasteiger partial charge in [-0.3, -0.25) is 5.10 Å². The minimum Gasteiger partial charge on any atom is -0.362 e. The molecule has 0 amide bonds. The van der Waals surface area contributed by atoms with E-state index in [0.29, 0.717) is 10.6 Å². The Morgan fingerprint density at radius 3 is 2.70 bits per heavy atom. The van der Waals surface area contributed by atoms with E-state index in [-0.39, 0.29) is 17.4 Å². The number of alkyl halides is 3. The van der Waals surface area contributed by atoms with Gasteiger partial charge in [-0.1, -0.05) is 11.6 Å². The fraction of sp³-hybridized carbons (Fsp3) is 0.300. The maximum atomic E-state index is 12.5. The predicted molar refractivity (Wildman–Crippen MR) is 70.0 cm³/mol. The molecule has 0 atom stereocenters. The molecule has 10 heteroatoms. The number of rotatable bonds is 3. The van der Waals surface area contributed by atoms with Crippen LogP contribution in [0.5, 0.6) is 0 Å². The van der Waals surface area contributed by atoms with Crippen molar-refractivity contribution in [1.29, 1.82) is 0 Å². The van der Waals surface area contributed by atoms with Crippen LogP contribution >= 0.6 is 23.8 Å². The summed E-state index contributed by atoms with van der Waals surface area (Å²) in [4.78, 5) is 3.66. The Morgan fingerprint density at radius 1 is 1.50 bits per heavy atom. The van der Waals surface area contributed by atoms with Gasteiger partial charge in [-0.2, -0.15) is 18.3 Å². The van der Waals surface area contributed by atoms with Crippen LogP contribution in [0, 0.1) is 4.77 Å². The molecule has 0 radical (unpaired) electrons. The highest BCUT2D eigenvalue weighted by atomic mass is 35.5. The lowest BCUT2D eigenvalue weighted by Gasteiger charge is -2.10. The third kappa shape index (κ3) is 3.10. The van der Waals surface area contributed by atoms with Gasteiger partial charge in [-0.25, -0.2) is 4.98 Å². The summed E-state index contributed by atoms with van der Waals surface area (Å²) >= 11 is 10.7. The molecule has 2 rings (SSSR count). The Morgan fingerprint density at radius 2 is 2.20 bits per heavy atom. The normalized spacial score (nSPS) is 11.7. The van der Waals surface area contributed by atoms with Gasteiger partial charge in [-0.15, -0.1) is 0 Å². The molecule has 0 saturated heterocycles. The van der Waals surface area contributed by atoms with E-state index >= 15 is 0 Å². The van der Waals surface area contributed by atoms with Crippen LogP contribution in [0.3, 0.4) is 0 Å². The standard InChI is InChI=1S/C10H9ClF3N5S/c1-19-7(17-18-9(19)20)4-16-8-6(11)2-5(3-15-8)10(12,13)14/h2-3H,4H2,1H3,(H,15,16)(H,18,20). The van der Waals surface area contributed by atoms with Gasteiger partial charge in [0.05, 0.1) is 17.1 Å². The van der Waals surface area contributed by atoms with Crippen molar-refractivity contribution in [2.45, 2.75) is 12.7 Å². The van der Waals surface area contributed by atoms with Gasteiger partial charge >= 0.3 is 6.18 Å². The molecule has 2 heterocycles. The van der Waals surface area contributed by atoms with Crippen LogP contribution in [0.2, 0.25) is 5.02 Å². The molecular weight excluding hydrogens is 315 g/mol. The van der Waals surface area contributed by atoms with Crippen LogP contribution in [-0.2, 0) is 19.8 Å². The van der Waals surface area contributed by atoms with Crippen molar-refractivity contribution >= 4 is 29.6 Å². The predicted octanol–water partition coefficient (Wildman–Crippen LogP) is 3.16. The summed E-state index contributed by atoms with van der Waals surface area (Å²) in [5, 5.41) is 9.23. The molecule has 0 fully saturated rings. The van der Waals surface area contributed by atoms with Crippen LogP contribution < -0.4 is 5.32 Å². The highest BCUT2D eigenvalue weighted by Crippen LogP contribution is 2.32. The number of aromatic nitrogens is 4.